The lowest BCUT2D eigenvalue weighted by molar-refractivity contribution is 0.131. The van der Waals surface area contributed by atoms with Crippen LogP contribution in [0.1, 0.15) is 25.8 Å². The Morgan fingerprint density at radius 3 is 2.50 bits per heavy atom. The second-order valence-corrected chi connectivity index (χ2v) is 2.83. The molecule has 1 aromatic rings. The summed E-state index contributed by atoms with van der Waals surface area (Å²) in [5.41, 5.74) is 1.23. The van der Waals surface area contributed by atoms with Crippen molar-refractivity contribution < 1.29 is 4.74 Å². The van der Waals surface area contributed by atoms with Crippen LogP contribution in [0.15, 0.2) is 30.3 Å². The Morgan fingerprint density at radius 2 is 1.92 bits per heavy atom. The van der Waals surface area contributed by atoms with Crippen LogP contribution in [-0.2, 0) is 11.3 Å². The van der Waals surface area contributed by atoms with Crippen molar-refractivity contribution in [3.8, 4) is 0 Å². The molecule has 65 valence electrons. The van der Waals surface area contributed by atoms with Gasteiger partial charge in [-0.3, -0.25) is 0 Å². The summed E-state index contributed by atoms with van der Waals surface area (Å²) in [5, 5.41) is 0. The van der Waals surface area contributed by atoms with Crippen molar-refractivity contribution in [2.24, 2.45) is 0 Å². The van der Waals surface area contributed by atoms with Crippen LogP contribution in [-0.4, -0.2) is 0 Å². The first-order chi connectivity index (χ1) is 5.83. The molecule has 0 aliphatic carbocycles. The van der Waals surface area contributed by atoms with Crippen LogP contribution in [0.25, 0.3) is 0 Å². The second-order valence-electron chi connectivity index (χ2n) is 2.83. The predicted octanol–water partition coefficient (Wildman–Crippen LogP) is 3.17. The molecule has 1 rings (SSSR count). The zero-order valence-electron chi connectivity index (χ0n) is 7.71. The van der Waals surface area contributed by atoms with E-state index < -0.39 is 0 Å². The fraction of sp³-hybridized carbons (Fsp3) is 0.364. The van der Waals surface area contributed by atoms with Crippen LogP contribution in [0.5, 0.6) is 0 Å². The van der Waals surface area contributed by atoms with E-state index in [4.69, 9.17) is 4.74 Å². The smallest absolute Gasteiger partial charge is 0.0942 e. The molecule has 0 aliphatic heterocycles. The summed E-state index contributed by atoms with van der Waals surface area (Å²) in [6, 6.07) is 10.2. The van der Waals surface area contributed by atoms with Crippen molar-refractivity contribution in [2.45, 2.75) is 26.9 Å². The van der Waals surface area contributed by atoms with E-state index in [1.165, 1.54) is 5.56 Å². The van der Waals surface area contributed by atoms with Crippen molar-refractivity contribution in [1.82, 2.24) is 0 Å². The third kappa shape index (κ3) is 3.05. The van der Waals surface area contributed by atoms with Gasteiger partial charge < -0.3 is 4.74 Å². The standard InChI is InChI=1S/C11H15O/c1-3-10(2)12-9-11-7-5-4-6-8-11/h4-8H,3,9H2,1-2H3. The average molecular weight is 163 g/mol. The first-order valence-electron chi connectivity index (χ1n) is 4.32. The summed E-state index contributed by atoms with van der Waals surface area (Å²) in [6.07, 6.45) is 2.09. The second kappa shape index (κ2) is 4.94. The molecule has 1 aromatic carbocycles. The van der Waals surface area contributed by atoms with Gasteiger partial charge in [-0.05, 0) is 18.9 Å². The largest absolute Gasteiger partial charge is 0.368 e. The highest BCUT2D eigenvalue weighted by atomic mass is 16.5. The monoisotopic (exact) mass is 163 g/mol. The first-order valence-corrected chi connectivity index (χ1v) is 4.32. The van der Waals surface area contributed by atoms with Gasteiger partial charge in [0.1, 0.15) is 0 Å². The Bertz CT molecular complexity index is 206. The summed E-state index contributed by atoms with van der Waals surface area (Å²) in [5.74, 6) is 0. The molecule has 0 unspecified atom stereocenters. The van der Waals surface area contributed by atoms with Crippen molar-refractivity contribution >= 4 is 0 Å². The van der Waals surface area contributed by atoms with Gasteiger partial charge in [-0.1, -0.05) is 37.3 Å². The van der Waals surface area contributed by atoms with E-state index in [1.54, 1.807) is 0 Å². The molecule has 12 heavy (non-hydrogen) atoms. The molecule has 0 saturated carbocycles. The Balaban J connectivity index is 2.33. The predicted molar refractivity (Wildman–Crippen MR) is 50.4 cm³/mol. The molecule has 0 saturated heterocycles. The van der Waals surface area contributed by atoms with Crippen LogP contribution in [0, 0.1) is 6.10 Å². The third-order valence-corrected chi connectivity index (χ3v) is 1.83. The quantitative estimate of drug-likeness (QED) is 0.662. The summed E-state index contributed by atoms with van der Waals surface area (Å²) >= 11 is 0. The Labute approximate surface area is 74.4 Å². The fourth-order valence-electron chi connectivity index (χ4n) is 0.883. The van der Waals surface area contributed by atoms with Crippen molar-refractivity contribution in [3.63, 3.8) is 0 Å². The van der Waals surface area contributed by atoms with Gasteiger partial charge in [-0.25, -0.2) is 0 Å². The summed E-state index contributed by atoms with van der Waals surface area (Å²) in [4.78, 5) is 0. The maximum atomic E-state index is 5.49. The summed E-state index contributed by atoms with van der Waals surface area (Å²) < 4.78 is 5.49. The first kappa shape index (κ1) is 9.27. The SMILES string of the molecule is CC[C](C)OCc1ccccc1. The number of benzene rings is 1. The molecular formula is C11H15O. The van der Waals surface area contributed by atoms with Gasteiger partial charge >= 0.3 is 0 Å². The molecule has 0 heterocycles. The van der Waals surface area contributed by atoms with E-state index in [2.05, 4.69) is 19.1 Å². The molecule has 1 heteroatoms. The van der Waals surface area contributed by atoms with E-state index in [0.29, 0.717) is 6.61 Å². The molecule has 0 bridgehead atoms. The highest BCUT2D eigenvalue weighted by Crippen LogP contribution is 2.09. The van der Waals surface area contributed by atoms with Crippen molar-refractivity contribution in [2.75, 3.05) is 0 Å². The van der Waals surface area contributed by atoms with Gasteiger partial charge in [0.2, 0.25) is 0 Å². The van der Waals surface area contributed by atoms with Gasteiger partial charge in [0, 0.05) is 0 Å². The normalized spacial score (nSPS) is 10.6. The van der Waals surface area contributed by atoms with Crippen LogP contribution in [0.2, 0.25) is 0 Å². The fourth-order valence-corrected chi connectivity index (χ4v) is 0.883. The van der Waals surface area contributed by atoms with Gasteiger partial charge in [0.25, 0.3) is 0 Å². The minimum absolute atomic E-state index is 0.695. The Morgan fingerprint density at radius 1 is 1.25 bits per heavy atom. The molecule has 0 amide bonds. The maximum absolute atomic E-state index is 5.49. The zero-order chi connectivity index (χ0) is 8.81. The zero-order valence-corrected chi connectivity index (χ0v) is 7.71. The third-order valence-electron chi connectivity index (χ3n) is 1.83. The van der Waals surface area contributed by atoms with Gasteiger partial charge in [-0.2, -0.15) is 0 Å². The van der Waals surface area contributed by atoms with Gasteiger partial charge in [-0.15, -0.1) is 0 Å². The van der Waals surface area contributed by atoms with E-state index in [9.17, 15) is 0 Å². The molecule has 1 radical (unpaired) electrons. The molecular weight excluding hydrogens is 148 g/mol. The molecule has 0 aromatic heterocycles. The number of hydrogen-bond acceptors (Lipinski definition) is 1. The molecule has 0 N–H and O–H groups in total. The molecule has 0 fully saturated rings. The Hall–Kier alpha value is -0.820. The molecule has 1 nitrogen and oxygen atoms in total. The lowest BCUT2D eigenvalue weighted by atomic mass is 10.2. The maximum Gasteiger partial charge on any atom is 0.0942 e. The minimum atomic E-state index is 0.695. The van der Waals surface area contributed by atoms with E-state index in [1.807, 2.05) is 25.1 Å². The van der Waals surface area contributed by atoms with Crippen LogP contribution in [0.4, 0.5) is 0 Å². The van der Waals surface area contributed by atoms with E-state index >= 15 is 0 Å². The van der Waals surface area contributed by atoms with Gasteiger partial charge in [0.05, 0.1) is 12.7 Å². The van der Waals surface area contributed by atoms with E-state index in [-0.39, 0.29) is 0 Å². The molecule has 0 aliphatic rings. The van der Waals surface area contributed by atoms with Gasteiger partial charge in [0.15, 0.2) is 0 Å². The summed E-state index contributed by atoms with van der Waals surface area (Å²) in [6.45, 7) is 4.81. The van der Waals surface area contributed by atoms with Crippen LogP contribution in [0.3, 0.4) is 0 Å². The van der Waals surface area contributed by atoms with Crippen LogP contribution >= 0.6 is 0 Å². The molecule has 0 spiro atoms. The van der Waals surface area contributed by atoms with Crippen molar-refractivity contribution in [1.29, 1.82) is 0 Å². The highest BCUT2D eigenvalue weighted by Gasteiger charge is 1.98. The number of hydrogen-bond donors (Lipinski definition) is 0. The van der Waals surface area contributed by atoms with Crippen molar-refractivity contribution in [3.05, 3.63) is 42.0 Å². The highest BCUT2D eigenvalue weighted by molar-refractivity contribution is 5.13. The number of rotatable bonds is 4. The van der Waals surface area contributed by atoms with E-state index in [0.717, 1.165) is 12.5 Å². The minimum Gasteiger partial charge on any atom is -0.368 e. The Kier molecular flexibility index (Phi) is 3.81. The van der Waals surface area contributed by atoms with Crippen LogP contribution < -0.4 is 0 Å². The number of ether oxygens (including phenoxy) is 1. The average Bonchev–Trinajstić information content (AvgIpc) is 2.16. The molecule has 0 atom stereocenters. The lowest BCUT2D eigenvalue weighted by Crippen LogP contribution is -1.97. The summed E-state index contributed by atoms with van der Waals surface area (Å²) in [7, 11) is 0. The topological polar surface area (TPSA) is 9.23 Å². The lowest BCUT2D eigenvalue weighted by Gasteiger charge is -2.08.